The van der Waals surface area contributed by atoms with Gasteiger partial charge >= 0.3 is 0 Å². The average molecular weight is 540 g/mol. The van der Waals surface area contributed by atoms with E-state index < -0.39 is 0 Å². The van der Waals surface area contributed by atoms with E-state index in [9.17, 15) is 4.79 Å². The number of nitrogens with zero attached hydrogens (tertiary/aromatic N) is 2. The number of carbonyl (C=O) groups excluding carboxylic acids is 1. The van der Waals surface area contributed by atoms with Crippen LogP contribution in [-0.4, -0.2) is 57.9 Å². The SMILES string of the molecule is CN=C(NCCc1ccc2c(c1)OCO2)NCc1cccc(OCC(=O)N(C)C)c1.I. The number of aliphatic imine (C=N–C) groups is 1. The van der Waals surface area contributed by atoms with Crippen molar-refractivity contribution in [1.29, 1.82) is 0 Å². The van der Waals surface area contributed by atoms with Gasteiger partial charge in [0.15, 0.2) is 24.1 Å². The molecule has 1 aliphatic rings. The molecule has 2 aromatic rings. The number of likely N-dealkylation sites (N-methyl/N-ethyl adjacent to an activating group) is 1. The fourth-order valence-corrected chi connectivity index (χ4v) is 2.85. The van der Waals surface area contributed by atoms with Gasteiger partial charge in [-0.25, -0.2) is 0 Å². The van der Waals surface area contributed by atoms with Crippen LogP contribution < -0.4 is 24.8 Å². The Hall–Kier alpha value is -2.69. The summed E-state index contributed by atoms with van der Waals surface area (Å²) < 4.78 is 16.3. The normalized spacial score (nSPS) is 12.0. The van der Waals surface area contributed by atoms with Crippen LogP contribution >= 0.6 is 24.0 Å². The summed E-state index contributed by atoms with van der Waals surface area (Å²) in [7, 11) is 5.15. The standard InChI is InChI=1S/C22H28N4O4.HI/c1-23-22(24-10-9-16-7-8-19-20(12-16)30-15-29-19)25-13-17-5-4-6-18(11-17)28-14-21(27)26(2)3;/h4-8,11-12H,9-10,13-15H2,1-3H3,(H2,23,24,25);1H. The lowest BCUT2D eigenvalue weighted by atomic mass is 10.1. The molecule has 31 heavy (non-hydrogen) atoms. The topological polar surface area (TPSA) is 84.4 Å². The van der Waals surface area contributed by atoms with Gasteiger partial charge in [-0.1, -0.05) is 18.2 Å². The monoisotopic (exact) mass is 540 g/mol. The van der Waals surface area contributed by atoms with Crippen molar-refractivity contribution in [2.24, 2.45) is 4.99 Å². The van der Waals surface area contributed by atoms with Crippen molar-refractivity contribution in [2.45, 2.75) is 13.0 Å². The highest BCUT2D eigenvalue weighted by atomic mass is 127. The number of benzene rings is 2. The summed E-state index contributed by atoms with van der Waals surface area (Å²) in [5.41, 5.74) is 2.20. The number of hydrogen-bond donors (Lipinski definition) is 2. The summed E-state index contributed by atoms with van der Waals surface area (Å²) in [5, 5.41) is 6.60. The highest BCUT2D eigenvalue weighted by molar-refractivity contribution is 14.0. The minimum absolute atomic E-state index is 0. The largest absolute Gasteiger partial charge is 0.484 e. The van der Waals surface area contributed by atoms with E-state index in [-0.39, 0.29) is 43.3 Å². The first kappa shape index (κ1) is 24.6. The molecule has 0 bridgehead atoms. The van der Waals surface area contributed by atoms with Gasteiger partial charge in [0, 0.05) is 34.2 Å². The number of rotatable bonds is 8. The average Bonchev–Trinajstić information content (AvgIpc) is 3.22. The zero-order valence-electron chi connectivity index (χ0n) is 18.0. The molecule has 0 fully saturated rings. The summed E-state index contributed by atoms with van der Waals surface area (Å²) in [6.45, 7) is 1.62. The number of carbonyl (C=O) groups is 1. The van der Waals surface area contributed by atoms with Gasteiger partial charge in [-0.3, -0.25) is 9.79 Å². The Morgan fingerprint density at radius 1 is 1.10 bits per heavy atom. The second kappa shape index (κ2) is 12.2. The molecule has 0 radical (unpaired) electrons. The minimum atomic E-state index is -0.0782. The van der Waals surface area contributed by atoms with E-state index in [1.807, 2.05) is 42.5 Å². The third kappa shape index (κ3) is 7.50. The second-order valence-electron chi connectivity index (χ2n) is 7.01. The van der Waals surface area contributed by atoms with E-state index in [1.165, 1.54) is 10.5 Å². The first-order valence-corrected chi connectivity index (χ1v) is 9.80. The summed E-state index contributed by atoms with van der Waals surface area (Å²) in [4.78, 5) is 17.4. The molecule has 0 saturated heterocycles. The maximum atomic E-state index is 11.7. The van der Waals surface area contributed by atoms with Gasteiger partial charge in [-0.2, -0.15) is 0 Å². The molecule has 0 unspecified atom stereocenters. The number of nitrogens with one attached hydrogen (secondary N) is 2. The highest BCUT2D eigenvalue weighted by Crippen LogP contribution is 2.32. The molecule has 1 heterocycles. The fourth-order valence-electron chi connectivity index (χ4n) is 2.85. The van der Waals surface area contributed by atoms with E-state index in [2.05, 4.69) is 15.6 Å². The van der Waals surface area contributed by atoms with Gasteiger partial charge in [0.25, 0.3) is 5.91 Å². The Kier molecular flexibility index (Phi) is 9.70. The third-order valence-electron chi connectivity index (χ3n) is 4.59. The third-order valence-corrected chi connectivity index (χ3v) is 4.59. The molecule has 2 N–H and O–H groups in total. The maximum Gasteiger partial charge on any atom is 0.259 e. The number of halogens is 1. The highest BCUT2D eigenvalue weighted by Gasteiger charge is 2.13. The summed E-state index contributed by atoms with van der Waals surface area (Å²) >= 11 is 0. The van der Waals surface area contributed by atoms with E-state index >= 15 is 0 Å². The van der Waals surface area contributed by atoms with Crippen LogP contribution in [0.5, 0.6) is 17.2 Å². The Bertz CT molecular complexity index is 905. The minimum Gasteiger partial charge on any atom is -0.484 e. The lowest BCUT2D eigenvalue weighted by Gasteiger charge is -2.14. The van der Waals surface area contributed by atoms with Crippen LogP contribution in [0.1, 0.15) is 11.1 Å². The second-order valence-corrected chi connectivity index (χ2v) is 7.01. The number of fused-ring (bicyclic) bond motifs is 1. The number of amides is 1. The van der Waals surface area contributed by atoms with Crippen LogP contribution in [-0.2, 0) is 17.8 Å². The molecule has 3 rings (SSSR count). The maximum absolute atomic E-state index is 11.7. The van der Waals surface area contributed by atoms with E-state index in [0.717, 1.165) is 30.0 Å². The lowest BCUT2D eigenvalue weighted by Crippen LogP contribution is -2.37. The van der Waals surface area contributed by atoms with Crippen molar-refractivity contribution in [2.75, 3.05) is 41.1 Å². The van der Waals surface area contributed by atoms with Crippen LogP contribution in [0.2, 0.25) is 0 Å². The van der Waals surface area contributed by atoms with Gasteiger partial charge in [0.2, 0.25) is 6.79 Å². The predicted molar refractivity (Wildman–Crippen MR) is 131 cm³/mol. The van der Waals surface area contributed by atoms with E-state index in [4.69, 9.17) is 14.2 Å². The molecule has 0 aromatic heterocycles. The summed E-state index contributed by atoms with van der Waals surface area (Å²) in [5.74, 6) is 2.89. The summed E-state index contributed by atoms with van der Waals surface area (Å²) in [6.07, 6.45) is 0.834. The molecule has 1 aliphatic heterocycles. The zero-order valence-corrected chi connectivity index (χ0v) is 20.3. The first-order chi connectivity index (χ1) is 14.5. The molecule has 0 saturated carbocycles. The van der Waals surface area contributed by atoms with Crippen LogP contribution in [0.3, 0.4) is 0 Å². The first-order valence-electron chi connectivity index (χ1n) is 9.80. The predicted octanol–water partition coefficient (Wildman–Crippen LogP) is 2.41. The molecule has 168 valence electrons. The number of guanidine groups is 1. The lowest BCUT2D eigenvalue weighted by molar-refractivity contribution is -0.130. The molecule has 0 spiro atoms. The Morgan fingerprint density at radius 3 is 2.68 bits per heavy atom. The van der Waals surface area contributed by atoms with Gasteiger partial charge in [-0.05, 0) is 41.8 Å². The van der Waals surface area contributed by atoms with Crippen molar-refractivity contribution in [3.05, 3.63) is 53.6 Å². The zero-order chi connectivity index (χ0) is 21.3. The van der Waals surface area contributed by atoms with Crippen LogP contribution in [0.4, 0.5) is 0 Å². The van der Waals surface area contributed by atoms with E-state index in [1.54, 1.807) is 21.1 Å². The molecule has 9 heteroatoms. The molecular formula is C22H29IN4O4. The summed E-state index contributed by atoms with van der Waals surface area (Å²) in [6, 6.07) is 13.6. The van der Waals surface area contributed by atoms with Crippen LogP contribution in [0, 0.1) is 0 Å². The fraction of sp³-hybridized carbons (Fsp3) is 0.364. The quantitative estimate of drug-likeness (QED) is 0.304. The van der Waals surface area contributed by atoms with Gasteiger partial charge in [0.1, 0.15) is 5.75 Å². The molecule has 0 aliphatic carbocycles. The smallest absolute Gasteiger partial charge is 0.259 e. The van der Waals surface area contributed by atoms with Crippen molar-refractivity contribution in [1.82, 2.24) is 15.5 Å². The number of hydrogen-bond acceptors (Lipinski definition) is 5. The molecular weight excluding hydrogens is 511 g/mol. The Labute approximate surface area is 200 Å². The van der Waals surface area contributed by atoms with Crippen molar-refractivity contribution < 1.29 is 19.0 Å². The molecule has 1 amide bonds. The molecule has 2 aromatic carbocycles. The van der Waals surface area contributed by atoms with E-state index in [0.29, 0.717) is 18.3 Å². The molecule has 8 nitrogen and oxygen atoms in total. The van der Waals surface area contributed by atoms with Crippen molar-refractivity contribution in [3.8, 4) is 17.2 Å². The van der Waals surface area contributed by atoms with Gasteiger partial charge in [0.05, 0.1) is 0 Å². The van der Waals surface area contributed by atoms with Gasteiger partial charge in [-0.15, -0.1) is 24.0 Å². The Balaban J connectivity index is 0.00000341. The Morgan fingerprint density at radius 2 is 1.90 bits per heavy atom. The van der Waals surface area contributed by atoms with Crippen molar-refractivity contribution >= 4 is 35.8 Å². The van der Waals surface area contributed by atoms with Crippen LogP contribution in [0.25, 0.3) is 0 Å². The van der Waals surface area contributed by atoms with Crippen LogP contribution in [0.15, 0.2) is 47.5 Å². The molecule has 0 atom stereocenters. The van der Waals surface area contributed by atoms with Crippen molar-refractivity contribution in [3.63, 3.8) is 0 Å². The number of ether oxygens (including phenoxy) is 3. The van der Waals surface area contributed by atoms with Gasteiger partial charge < -0.3 is 29.7 Å².